The first-order chi connectivity index (χ1) is 10.8. The molecule has 0 saturated carbocycles. The van der Waals surface area contributed by atoms with Gasteiger partial charge < -0.3 is 0 Å². The van der Waals surface area contributed by atoms with Crippen LogP contribution in [0.15, 0.2) is 47.4 Å². The molecule has 0 heterocycles. The van der Waals surface area contributed by atoms with Crippen LogP contribution < -0.4 is 0 Å². The largest absolute Gasteiger partial charge is 0.223 e. The molecule has 2 aromatic rings. The Bertz CT molecular complexity index is 892. The molecular weight excluding hydrogens is 330 g/mol. The van der Waals surface area contributed by atoms with Gasteiger partial charge in [0.25, 0.3) is 0 Å². The highest BCUT2D eigenvalue weighted by atomic mass is 35.5. The van der Waals surface area contributed by atoms with Crippen LogP contribution >= 0.6 is 11.6 Å². The Morgan fingerprint density at radius 3 is 2.43 bits per heavy atom. The van der Waals surface area contributed by atoms with E-state index in [4.69, 9.17) is 11.6 Å². The average molecular weight is 346 g/mol. The Kier molecular flexibility index (Phi) is 5.25. The van der Waals surface area contributed by atoms with Crippen molar-refractivity contribution in [3.8, 4) is 6.07 Å². The summed E-state index contributed by atoms with van der Waals surface area (Å²) in [6.45, 7) is 3.80. The van der Waals surface area contributed by atoms with Crippen LogP contribution in [0.3, 0.4) is 0 Å². The van der Waals surface area contributed by atoms with Gasteiger partial charge in [-0.2, -0.15) is 5.26 Å². The summed E-state index contributed by atoms with van der Waals surface area (Å²) in [7, 11) is -3.71. The molecule has 0 aliphatic carbocycles. The number of nitriles is 1. The van der Waals surface area contributed by atoms with E-state index in [1.54, 1.807) is 24.3 Å². The normalized spacial score (nSPS) is 12.0. The number of rotatable bonds is 4. The summed E-state index contributed by atoms with van der Waals surface area (Å²) in [6.07, 6.45) is 1.44. The van der Waals surface area contributed by atoms with Crippen molar-refractivity contribution >= 4 is 27.5 Å². The Morgan fingerprint density at radius 1 is 1.17 bits per heavy atom. The van der Waals surface area contributed by atoms with Gasteiger partial charge in [-0.1, -0.05) is 47.5 Å². The second-order valence-corrected chi connectivity index (χ2v) is 7.76. The standard InChI is InChI=1S/C18H16ClNO2S/c1-13-3-4-14(2)16(9-13)10-18(11-20)23(21,22)12-15-5-7-17(19)8-6-15/h3-10H,12H2,1-2H3/b18-10-. The van der Waals surface area contributed by atoms with E-state index in [9.17, 15) is 13.7 Å². The lowest BCUT2D eigenvalue weighted by atomic mass is 10.1. The van der Waals surface area contributed by atoms with Crippen molar-refractivity contribution in [2.24, 2.45) is 0 Å². The van der Waals surface area contributed by atoms with Crippen LogP contribution in [0.1, 0.15) is 22.3 Å². The lowest BCUT2D eigenvalue weighted by Crippen LogP contribution is -2.06. The molecule has 0 aromatic heterocycles. The molecule has 3 nitrogen and oxygen atoms in total. The molecule has 0 N–H and O–H groups in total. The number of sulfone groups is 1. The summed E-state index contributed by atoms with van der Waals surface area (Å²) < 4.78 is 25.0. The highest BCUT2D eigenvalue weighted by Crippen LogP contribution is 2.21. The summed E-state index contributed by atoms with van der Waals surface area (Å²) in [6, 6.07) is 14.1. The molecule has 0 spiro atoms. The van der Waals surface area contributed by atoms with E-state index in [1.807, 2.05) is 38.1 Å². The molecule has 0 fully saturated rings. The van der Waals surface area contributed by atoms with E-state index >= 15 is 0 Å². The van der Waals surface area contributed by atoms with Gasteiger partial charge in [0, 0.05) is 5.02 Å². The van der Waals surface area contributed by atoms with Crippen molar-refractivity contribution in [1.82, 2.24) is 0 Å². The van der Waals surface area contributed by atoms with Gasteiger partial charge in [-0.25, -0.2) is 8.42 Å². The minimum Gasteiger partial charge on any atom is -0.223 e. The van der Waals surface area contributed by atoms with E-state index in [-0.39, 0.29) is 10.7 Å². The van der Waals surface area contributed by atoms with Gasteiger partial charge in [0.05, 0.1) is 5.75 Å². The number of nitrogens with zero attached hydrogens (tertiary/aromatic N) is 1. The zero-order chi connectivity index (χ0) is 17.0. The molecule has 5 heteroatoms. The minimum atomic E-state index is -3.71. The third kappa shape index (κ3) is 4.44. The maximum Gasteiger partial charge on any atom is 0.192 e. The Labute approximate surface area is 141 Å². The zero-order valence-corrected chi connectivity index (χ0v) is 14.4. The molecular formula is C18H16ClNO2S. The molecule has 0 amide bonds. The quantitative estimate of drug-likeness (QED) is 0.770. The lowest BCUT2D eigenvalue weighted by Gasteiger charge is -2.06. The highest BCUT2D eigenvalue weighted by molar-refractivity contribution is 7.95. The molecule has 23 heavy (non-hydrogen) atoms. The monoisotopic (exact) mass is 345 g/mol. The molecule has 0 unspecified atom stereocenters. The molecule has 0 bridgehead atoms. The molecule has 118 valence electrons. The first kappa shape index (κ1) is 17.3. The Hall–Kier alpha value is -2.09. The van der Waals surface area contributed by atoms with Crippen LogP contribution in [0, 0.1) is 25.2 Å². The van der Waals surface area contributed by atoms with E-state index < -0.39 is 9.84 Å². The van der Waals surface area contributed by atoms with Gasteiger partial charge in [-0.05, 0) is 48.7 Å². The molecule has 0 aliphatic heterocycles. The summed E-state index contributed by atoms with van der Waals surface area (Å²) in [5.41, 5.74) is 3.26. The van der Waals surface area contributed by atoms with Gasteiger partial charge in [0.2, 0.25) is 0 Å². The third-order valence-electron chi connectivity index (χ3n) is 3.44. The minimum absolute atomic E-state index is 0.228. The van der Waals surface area contributed by atoms with Gasteiger partial charge in [0.1, 0.15) is 11.0 Å². The molecule has 0 aliphatic rings. The summed E-state index contributed by atoms with van der Waals surface area (Å²) in [5.74, 6) is -0.228. The number of aryl methyl sites for hydroxylation is 2. The van der Waals surface area contributed by atoms with E-state index in [0.717, 1.165) is 16.7 Å². The maximum atomic E-state index is 12.5. The second-order valence-electron chi connectivity index (χ2n) is 5.37. The molecule has 0 radical (unpaired) electrons. The molecule has 2 rings (SSSR count). The van der Waals surface area contributed by atoms with Crippen LogP contribution in [-0.4, -0.2) is 8.42 Å². The predicted octanol–water partition coefficient (Wildman–Crippen LogP) is 4.44. The first-order valence-corrected chi connectivity index (χ1v) is 9.01. The van der Waals surface area contributed by atoms with Crippen molar-refractivity contribution < 1.29 is 8.42 Å². The SMILES string of the molecule is Cc1ccc(C)c(/C=C(/C#N)S(=O)(=O)Cc2ccc(Cl)cc2)c1. The summed E-state index contributed by atoms with van der Waals surface area (Å²) in [5, 5.41) is 9.83. The average Bonchev–Trinajstić information content (AvgIpc) is 2.50. The van der Waals surface area contributed by atoms with E-state index in [1.165, 1.54) is 6.08 Å². The number of hydrogen-bond donors (Lipinski definition) is 0. The zero-order valence-electron chi connectivity index (χ0n) is 12.9. The van der Waals surface area contributed by atoms with Crippen LogP contribution in [0.5, 0.6) is 0 Å². The number of hydrogen-bond acceptors (Lipinski definition) is 3. The Morgan fingerprint density at radius 2 is 1.83 bits per heavy atom. The van der Waals surface area contributed by atoms with Crippen molar-refractivity contribution in [2.45, 2.75) is 19.6 Å². The van der Waals surface area contributed by atoms with Crippen molar-refractivity contribution in [2.75, 3.05) is 0 Å². The summed E-state index contributed by atoms with van der Waals surface area (Å²) >= 11 is 5.80. The topological polar surface area (TPSA) is 57.9 Å². The lowest BCUT2D eigenvalue weighted by molar-refractivity contribution is 0.602. The molecule has 0 saturated heterocycles. The first-order valence-electron chi connectivity index (χ1n) is 6.98. The van der Waals surface area contributed by atoms with Crippen LogP contribution in [-0.2, 0) is 15.6 Å². The van der Waals surface area contributed by atoms with Crippen LogP contribution in [0.25, 0.3) is 6.08 Å². The smallest absolute Gasteiger partial charge is 0.192 e. The van der Waals surface area contributed by atoms with Gasteiger partial charge in [0.15, 0.2) is 9.84 Å². The fourth-order valence-electron chi connectivity index (χ4n) is 2.13. The molecule has 0 atom stereocenters. The van der Waals surface area contributed by atoms with Crippen molar-refractivity contribution in [3.63, 3.8) is 0 Å². The highest BCUT2D eigenvalue weighted by Gasteiger charge is 2.19. The number of benzene rings is 2. The van der Waals surface area contributed by atoms with Crippen molar-refractivity contribution in [1.29, 1.82) is 5.26 Å². The third-order valence-corrected chi connectivity index (χ3v) is 5.28. The fraction of sp³-hybridized carbons (Fsp3) is 0.167. The van der Waals surface area contributed by atoms with E-state index in [0.29, 0.717) is 10.6 Å². The number of halogens is 1. The van der Waals surface area contributed by atoms with E-state index in [2.05, 4.69) is 0 Å². The van der Waals surface area contributed by atoms with Gasteiger partial charge >= 0.3 is 0 Å². The maximum absolute atomic E-state index is 12.5. The molecule has 2 aromatic carbocycles. The Balaban J connectivity index is 2.39. The summed E-state index contributed by atoms with van der Waals surface area (Å²) in [4.78, 5) is -0.235. The van der Waals surface area contributed by atoms with Crippen LogP contribution in [0.2, 0.25) is 5.02 Å². The van der Waals surface area contributed by atoms with Crippen LogP contribution in [0.4, 0.5) is 0 Å². The fourth-order valence-corrected chi connectivity index (χ4v) is 3.48. The van der Waals surface area contributed by atoms with Gasteiger partial charge in [-0.15, -0.1) is 0 Å². The number of allylic oxidation sites excluding steroid dienone is 1. The van der Waals surface area contributed by atoms with Crippen molar-refractivity contribution in [3.05, 3.63) is 74.6 Å². The second kappa shape index (κ2) is 6.99. The van der Waals surface area contributed by atoms with Gasteiger partial charge in [-0.3, -0.25) is 0 Å². The predicted molar refractivity (Wildman–Crippen MR) is 93.6 cm³/mol.